The first-order chi connectivity index (χ1) is 31.7. The first-order valence-electron chi connectivity index (χ1n) is 24.4. The quantitative estimate of drug-likeness (QED) is 0.157. The highest BCUT2D eigenvalue weighted by atomic mass is 16.7. The zero-order valence-corrected chi connectivity index (χ0v) is 41.9. The number of methoxy groups -OCH3 is 4. The fraction of sp³-hybridized carbons (Fsp3) is 0.750. The van der Waals surface area contributed by atoms with Gasteiger partial charge < -0.3 is 48.6 Å². The molecule has 1 aliphatic carbocycles. The number of amides is 1. The number of ketones is 3. The number of piperidine rings is 1. The summed E-state index contributed by atoms with van der Waals surface area (Å²) in [5, 5.41) is 34.0. The summed E-state index contributed by atoms with van der Waals surface area (Å²) >= 11 is 0. The Morgan fingerprint density at radius 2 is 1.52 bits per heavy atom. The van der Waals surface area contributed by atoms with E-state index in [2.05, 4.69) is 0 Å². The van der Waals surface area contributed by atoms with Crippen LogP contribution in [-0.2, 0) is 52.4 Å². The Balaban J connectivity index is 1.73. The third-order valence-corrected chi connectivity index (χ3v) is 14.8. The van der Waals surface area contributed by atoms with Crippen LogP contribution < -0.4 is 0 Å². The summed E-state index contributed by atoms with van der Waals surface area (Å²) in [5.41, 5.74) is 1.21. The molecule has 16 atom stereocenters. The topological polar surface area (TPSA) is 205 Å². The standard InChI is InChI=1S/C52H81NO14/c1-30-17-13-12-14-18-31(2)41(62-8)29-45-44(64-10)26-36(7)52(61,67-45)49(58)50(59)53-22-16-15-19-38(53)51(60)66-42(33(4)25-37-20-21-39(54)43(27-37)63-9)28-40(55)32(3)24-35(6)47(57)48(65-11)46(56)34(5)23-30/h12-14,17-18,24,30,32-34,36-39,41-45,47-48,54,57,61H,15-16,19-23,25-29H2,1-11H3/b14-12+,17-13+,31-18+,35-24-/t30-,32+,33-,34-,36-,37-,38+,39-,41+,42+,43-,44+,45-,47-,48+,52-/m1/s1. The Hall–Kier alpha value is -3.41. The molecule has 67 heavy (non-hydrogen) atoms. The molecule has 2 saturated heterocycles. The van der Waals surface area contributed by atoms with Gasteiger partial charge in [0.2, 0.25) is 5.79 Å². The number of aliphatic hydroxyl groups is 3. The first-order valence-corrected chi connectivity index (χ1v) is 24.4. The molecule has 0 aromatic rings. The van der Waals surface area contributed by atoms with E-state index in [4.69, 9.17) is 28.4 Å². The number of Topliss-reactive ketones (excluding diaryl/α,β-unsaturated/α-hetero) is 3. The molecule has 15 heteroatoms. The van der Waals surface area contributed by atoms with Crippen LogP contribution in [0.5, 0.6) is 0 Å². The second kappa shape index (κ2) is 26.0. The van der Waals surface area contributed by atoms with Crippen LogP contribution in [0.2, 0.25) is 0 Å². The van der Waals surface area contributed by atoms with E-state index in [-0.39, 0.29) is 67.7 Å². The van der Waals surface area contributed by atoms with Gasteiger partial charge in [0.05, 0.1) is 30.5 Å². The molecule has 0 unspecified atom stereocenters. The summed E-state index contributed by atoms with van der Waals surface area (Å²) in [6.07, 6.45) is 9.18. The van der Waals surface area contributed by atoms with Crippen LogP contribution in [0.25, 0.3) is 0 Å². The molecule has 0 spiro atoms. The molecule has 378 valence electrons. The smallest absolute Gasteiger partial charge is 0.329 e. The number of rotatable bonds is 7. The zero-order valence-electron chi connectivity index (χ0n) is 41.9. The molecule has 3 N–H and O–H groups in total. The monoisotopic (exact) mass is 944 g/mol. The molecule has 2 bridgehead atoms. The molecule has 4 rings (SSSR count). The third-order valence-electron chi connectivity index (χ3n) is 14.8. The number of aliphatic hydroxyl groups excluding tert-OH is 2. The highest BCUT2D eigenvalue weighted by Crippen LogP contribution is 2.39. The zero-order chi connectivity index (χ0) is 49.7. The summed E-state index contributed by atoms with van der Waals surface area (Å²) in [6, 6.07) is -1.17. The predicted molar refractivity (Wildman–Crippen MR) is 251 cm³/mol. The van der Waals surface area contributed by atoms with Crippen molar-refractivity contribution in [3.8, 4) is 0 Å². The van der Waals surface area contributed by atoms with E-state index in [1.54, 1.807) is 41.1 Å². The second-order valence-corrected chi connectivity index (χ2v) is 19.9. The number of carbonyl (C=O) groups is 5. The van der Waals surface area contributed by atoms with E-state index in [1.165, 1.54) is 19.1 Å². The van der Waals surface area contributed by atoms with Crippen molar-refractivity contribution in [3.63, 3.8) is 0 Å². The van der Waals surface area contributed by atoms with E-state index in [0.717, 1.165) is 5.57 Å². The average molecular weight is 944 g/mol. The van der Waals surface area contributed by atoms with E-state index < -0.39 is 90.0 Å². The first kappa shape index (κ1) is 56.2. The number of nitrogens with zero attached hydrogens (tertiary/aromatic N) is 1. The summed E-state index contributed by atoms with van der Waals surface area (Å²) < 4.78 is 35.3. The molecule has 1 amide bonds. The van der Waals surface area contributed by atoms with Gasteiger partial charge in [-0.15, -0.1) is 0 Å². The molecule has 4 aliphatic rings. The van der Waals surface area contributed by atoms with Crippen molar-refractivity contribution >= 4 is 29.2 Å². The van der Waals surface area contributed by atoms with Crippen molar-refractivity contribution in [2.75, 3.05) is 35.0 Å². The van der Waals surface area contributed by atoms with Crippen LogP contribution >= 0.6 is 0 Å². The summed E-state index contributed by atoms with van der Waals surface area (Å²) in [4.78, 5) is 72.2. The van der Waals surface area contributed by atoms with Crippen molar-refractivity contribution in [1.29, 1.82) is 0 Å². The number of fused-ring (bicyclic) bond motifs is 3. The summed E-state index contributed by atoms with van der Waals surface area (Å²) in [6.45, 7) is 12.6. The van der Waals surface area contributed by atoms with Gasteiger partial charge in [-0.1, -0.05) is 71.1 Å². The fourth-order valence-electron chi connectivity index (χ4n) is 10.4. The van der Waals surface area contributed by atoms with Crippen molar-refractivity contribution in [2.24, 2.45) is 35.5 Å². The molecule has 1 saturated carbocycles. The lowest BCUT2D eigenvalue weighted by Crippen LogP contribution is -2.63. The Kier molecular flexibility index (Phi) is 21.8. The van der Waals surface area contributed by atoms with Gasteiger partial charge in [0.25, 0.3) is 11.7 Å². The van der Waals surface area contributed by atoms with Crippen molar-refractivity contribution in [3.05, 3.63) is 47.6 Å². The van der Waals surface area contributed by atoms with Crippen LogP contribution in [0, 0.1) is 35.5 Å². The second-order valence-electron chi connectivity index (χ2n) is 19.9. The Morgan fingerprint density at radius 1 is 0.821 bits per heavy atom. The van der Waals surface area contributed by atoms with E-state index in [9.17, 15) is 39.3 Å². The minimum absolute atomic E-state index is 0.00170. The number of hydrogen-bond acceptors (Lipinski definition) is 14. The number of allylic oxidation sites excluding steroid dienone is 6. The molecule has 3 aliphatic heterocycles. The summed E-state index contributed by atoms with van der Waals surface area (Å²) in [7, 11) is 6.01. The highest BCUT2D eigenvalue weighted by Gasteiger charge is 2.55. The highest BCUT2D eigenvalue weighted by molar-refractivity contribution is 6.39. The van der Waals surface area contributed by atoms with Crippen LogP contribution in [0.15, 0.2) is 47.6 Å². The lowest BCUT2D eigenvalue weighted by atomic mass is 9.78. The van der Waals surface area contributed by atoms with Gasteiger partial charge >= 0.3 is 5.97 Å². The maximum absolute atomic E-state index is 14.4. The fourth-order valence-corrected chi connectivity index (χ4v) is 10.4. The van der Waals surface area contributed by atoms with Crippen LogP contribution in [0.4, 0.5) is 0 Å². The van der Waals surface area contributed by atoms with Crippen molar-refractivity contribution in [1.82, 2.24) is 4.90 Å². The number of cyclic esters (lactones) is 1. The normalized spacial score (nSPS) is 40.7. The minimum Gasteiger partial charge on any atom is -0.460 e. The number of hydrogen-bond donors (Lipinski definition) is 3. The number of carbonyl (C=O) groups excluding carboxylic acids is 5. The Morgan fingerprint density at radius 3 is 2.18 bits per heavy atom. The number of esters is 1. The molecule has 3 fully saturated rings. The van der Waals surface area contributed by atoms with E-state index >= 15 is 0 Å². The molecule has 0 radical (unpaired) electrons. The SMILES string of the molecule is CO[C@H]1C[C@H]2O[C@@](O)(C(=O)C(=O)N3CCCC[C@H]3C(=O)O[C@H]([C@H](C)C[C@H]3CC[C@@H](O)[C@H](OC)C3)CC(=O)[C@@H](C)/C=C(/C)[C@@H](O)[C@@H](OC)C(=O)[C@H](C)C[C@H](C)/C=C/C=C/C=C/1C)[C@H](C)C[C@@H]2OC. The van der Waals surface area contributed by atoms with Crippen LogP contribution in [-0.4, -0.2) is 145 Å². The molecule has 3 heterocycles. The van der Waals surface area contributed by atoms with Gasteiger partial charge in [-0.2, -0.15) is 0 Å². The van der Waals surface area contributed by atoms with Gasteiger partial charge in [-0.3, -0.25) is 19.2 Å². The lowest BCUT2D eigenvalue weighted by Gasteiger charge is -2.45. The molecule has 15 nitrogen and oxygen atoms in total. The Bertz CT molecular complexity index is 1810. The molecular weight excluding hydrogens is 863 g/mol. The summed E-state index contributed by atoms with van der Waals surface area (Å²) in [5.74, 6) is -8.40. The van der Waals surface area contributed by atoms with Gasteiger partial charge in [-0.25, -0.2) is 4.79 Å². The third kappa shape index (κ3) is 14.6. The average Bonchev–Trinajstić information content (AvgIpc) is 3.30. The van der Waals surface area contributed by atoms with Crippen molar-refractivity contribution in [2.45, 2.75) is 180 Å². The largest absolute Gasteiger partial charge is 0.460 e. The lowest BCUT2D eigenvalue weighted by molar-refractivity contribution is -0.289. The Labute approximate surface area is 398 Å². The minimum atomic E-state index is -2.53. The maximum Gasteiger partial charge on any atom is 0.329 e. The van der Waals surface area contributed by atoms with Gasteiger partial charge in [0.15, 0.2) is 5.78 Å². The van der Waals surface area contributed by atoms with E-state index in [0.29, 0.717) is 50.5 Å². The molecule has 0 aromatic heterocycles. The van der Waals surface area contributed by atoms with E-state index in [1.807, 2.05) is 58.1 Å². The molecular formula is C52H81NO14. The van der Waals surface area contributed by atoms with Crippen molar-refractivity contribution < 1.29 is 67.7 Å². The molecule has 0 aromatic carbocycles. The number of ether oxygens (including phenoxy) is 6. The van der Waals surface area contributed by atoms with Gasteiger partial charge in [0.1, 0.15) is 30.1 Å². The van der Waals surface area contributed by atoms with Crippen LogP contribution in [0.1, 0.15) is 119 Å². The van der Waals surface area contributed by atoms with Gasteiger partial charge in [0, 0.05) is 65.6 Å². The maximum atomic E-state index is 14.4. The van der Waals surface area contributed by atoms with Crippen LogP contribution in [0.3, 0.4) is 0 Å². The van der Waals surface area contributed by atoms with Gasteiger partial charge in [-0.05, 0) is 101 Å². The predicted octanol–water partition coefficient (Wildman–Crippen LogP) is 5.81.